The maximum Gasteiger partial charge on any atom is 0.149 e. The molecule has 2 rings (SSSR count). The predicted molar refractivity (Wildman–Crippen MR) is 114 cm³/mol. The first-order chi connectivity index (χ1) is 13.0. The lowest BCUT2D eigenvalue weighted by Crippen LogP contribution is -2.36. The summed E-state index contributed by atoms with van der Waals surface area (Å²) in [4.78, 5) is 5.87. The number of hydrazone groups is 1. The van der Waals surface area contributed by atoms with E-state index in [4.69, 9.17) is 5.41 Å². The Bertz CT molecular complexity index is 832. The summed E-state index contributed by atoms with van der Waals surface area (Å²) in [5, 5.41) is 23.6. The molecule has 1 aliphatic heterocycles. The number of aliphatic imine (C=N–C) groups is 1. The highest BCUT2D eigenvalue weighted by Gasteiger charge is 2.24. The molecule has 7 heteroatoms. The molecule has 1 unspecified atom stereocenters. The van der Waals surface area contributed by atoms with E-state index in [0.717, 1.165) is 22.6 Å². The molecule has 0 radical (unpaired) electrons. The third-order valence-electron chi connectivity index (χ3n) is 4.20. The van der Waals surface area contributed by atoms with Crippen molar-refractivity contribution in [2.45, 2.75) is 32.7 Å². The quantitative estimate of drug-likeness (QED) is 0.423. The molecule has 0 bridgehead atoms. The summed E-state index contributed by atoms with van der Waals surface area (Å²) in [5.41, 5.74) is 5.15. The molecule has 2 N–H and O–H groups in total. The number of likely N-dealkylation sites (N-methyl/N-ethyl adjacent to an activating group) is 1. The first-order valence-corrected chi connectivity index (χ1v) is 9.52. The van der Waals surface area contributed by atoms with Crippen molar-refractivity contribution in [3.63, 3.8) is 0 Å². The minimum Gasteiger partial charge on any atom is -0.355 e. The molecule has 1 aromatic carbocycles. The Labute approximate surface area is 164 Å². The maximum absolute atomic E-state index is 9.23. The van der Waals surface area contributed by atoms with E-state index in [1.165, 1.54) is 11.8 Å². The number of allylic oxidation sites excluding steroid dienone is 1. The largest absolute Gasteiger partial charge is 0.355 e. The van der Waals surface area contributed by atoms with Crippen molar-refractivity contribution in [2.24, 2.45) is 10.1 Å². The molecule has 1 atom stereocenters. The predicted octanol–water partition coefficient (Wildman–Crippen LogP) is 4.10. The van der Waals surface area contributed by atoms with Crippen LogP contribution in [0.5, 0.6) is 0 Å². The van der Waals surface area contributed by atoms with Crippen LogP contribution >= 0.6 is 11.8 Å². The molecule has 27 heavy (non-hydrogen) atoms. The van der Waals surface area contributed by atoms with E-state index < -0.39 is 0 Å². The highest BCUT2D eigenvalue weighted by molar-refractivity contribution is 8.18. The molecule has 1 aromatic rings. The second-order valence-electron chi connectivity index (χ2n) is 6.09. The summed E-state index contributed by atoms with van der Waals surface area (Å²) in [7, 11) is 1.83. The Morgan fingerprint density at radius 1 is 1.48 bits per heavy atom. The third kappa shape index (κ3) is 5.08. The van der Waals surface area contributed by atoms with Crippen molar-refractivity contribution in [3.05, 3.63) is 58.3 Å². The minimum absolute atomic E-state index is 0.0202. The number of nitrogens with zero attached hydrogens (tertiary/aromatic N) is 4. The molecular weight excluding hydrogens is 356 g/mol. The van der Waals surface area contributed by atoms with Gasteiger partial charge < -0.3 is 4.90 Å². The number of nitrogens with one attached hydrogen (secondary N) is 2. The smallest absolute Gasteiger partial charge is 0.149 e. The van der Waals surface area contributed by atoms with Crippen LogP contribution in [-0.4, -0.2) is 35.6 Å². The number of amidine groups is 1. The number of rotatable bonds is 7. The van der Waals surface area contributed by atoms with Crippen molar-refractivity contribution >= 4 is 29.4 Å². The van der Waals surface area contributed by atoms with Gasteiger partial charge in [-0.2, -0.15) is 10.4 Å². The van der Waals surface area contributed by atoms with Crippen LogP contribution in [0.2, 0.25) is 0 Å². The molecule has 0 aromatic heterocycles. The number of hydrogen-bond donors (Lipinski definition) is 2. The van der Waals surface area contributed by atoms with Gasteiger partial charge in [0, 0.05) is 30.6 Å². The average molecular weight is 381 g/mol. The van der Waals surface area contributed by atoms with Crippen LogP contribution in [-0.2, 0) is 0 Å². The molecule has 0 saturated heterocycles. The topological polar surface area (TPSA) is 87.6 Å². The Hall–Kier alpha value is -2.85. The lowest BCUT2D eigenvalue weighted by atomic mass is 10.1. The van der Waals surface area contributed by atoms with E-state index in [1.807, 2.05) is 57.3 Å². The average Bonchev–Trinajstić information content (AvgIpc) is 3.17. The number of nitriles is 1. The lowest BCUT2D eigenvalue weighted by Gasteiger charge is -2.27. The molecule has 140 valence electrons. The molecule has 0 saturated carbocycles. The van der Waals surface area contributed by atoms with Gasteiger partial charge in [-0.1, -0.05) is 43.3 Å². The summed E-state index contributed by atoms with van der Waals surface area (Å²) in [6.45, 7) is 7.62. The highest BCUT2D eigenvalue weighted by atomic mass is 32.2. The van der Waals surface area contributed by atoms with E-state index >= 15 is 0 Å². The second-order valence-corrected chi connectivity index (χ2v) is 7.09. The summed E-state index contributed by atoms with van der Waals surface area (Å²) < 4.78 is 0. The molecule has 1 aliphatic rings. The zero-order valence-electron chi connectivity index (χ0n) is 15.9. The summed E-state index contributed by atoms with van der Waals surface area (Å²) in [6.07, 6.45) is 3.32. The summed E-state index contributed by atoms with van der Waals surface area (Å²) in [6, 6.07) is 12.1. The Morgan fingerprint density at radius 3 is 2.78 bits per heavy atom. The Morgan fingerprint density at radius 2 is 2.19 bits per heavy atom. The van der Waals surface area contributed by atoms with E-state index in [2.05, 4.69) is 28.3 Å². The van der Waals surface area contributed by atoms with Crippen molar-refractivity contribution in [1.29, 1.82) is 10.7 Å². The third-order valence-corrected chi connectivity index (χ3v) is 5.21. The number of benzene rings is 1. The number of thioether (sulfide) groups is 1. The van der Waals surface area contributed by atoms with Crippen molar-refractivity contribution in [2.75, 3.05) is 7.05 Å². The fraction of sp³-hybridized carbons (Fsp3) is 0.300. The van der Waals surface area contributed by atoms with Gasteiger partial charge in [0.2, 0.25) is 0 Å². The van der Waals surface area contributed by atoms with Gasteiger partial charge in [0.05, 0.1) is 6.07 Å². The van der Waals surface area contributed by atoms with E-state index in [9.17, 15) is 5.26 Å². The molecule has 1 heterocycles. The van der Waals surface area contributed by atoms with Crippen LogP contribution in [0.4, 0.5) is 0 Å². The van der Waals surface area contributed by atoms with E-state index in [-0.39, 0.29) is 11.9 Å². The van der Waals surface area contributed by atoms with Crippen LogP contribution in [0, 0.1) is 16.7 Å². The normalized spacial score (nSPS) is 16.7. The lowest BCUT2D eigenvalue weighted by molar-refractivity contribution is 0.386. The SMILES string of the molecule is C=NC(C(=N)N(C)C(C)C/C(C#N)=C\CC)=C1NN=C(c2ccccc2)S1. The Balaban J connectivity index is 2.14. The van der Waals surface area contributed by atoms with Crippen molar-refractivity contribution in [3.8, 4) is 6.07 Å². The summed E-state index contributed by atoms with van der Waals surface area (Å²) >= 11 is 1.43. The van der Waals surface area contributed by atoms with Crippen molar-refractivity contribution < 1.29 is 0 Å². The Kier molecular flexibility index (Phi) is 7.38. The molecule has 0 spiro atoms. The fourth-order valence-electron chi connectivity index (χ4n) is 2.57. The molecule has 0 fully saturated rings. The number of hydrogen-bond acceptors (Lipinski definition) is 6. The second kappa shape index (κ2) is 9.74. The minimum atomic E-state index is -0.0202. The monoisotopic (exact) mass is 380 g/mol. The zero-order chi connectivity index (χ0) is 19.8. The van der Waals surface area contributed by atoms with Crippen LogP contribution in [0.15, 0.2) is 62.8 Å². The molecular formula is C20H24N6S. The van der Waals surface area contributed by atoms with Crippen molar-refractivity contribution in [1.82, 2.24) is 10.3 Å². The first-order valence-electron chi connectivity index (χ1n) is 8.70. The van der Waals surface area contributed by atoms with Gasteiger partial charge in [-0.05, 0) is 31.8 Å². The van der Waals surface area contributed by atoms with Gasteiger partial charge in [0.15, 0.2) is 0 Å². The fourth-order valence-corrected chi connectivity index (χ4v) is 3.45. The standard InChI is InChI=1S/C20H24N6S/c1-5-9-15(13-21)12-14(2)26(4)18(22)17(23-3)20-25-24-19(27-20)16-10-7-6-8-11-16/h6-11,14,22,25H,3,5,12H2,1-2,4H3/b15-9+,20-17?,22-18?. The van der Waals surface area contributed by atoms with Gasteiger partial charge in [-0.25, -0.2) is 0 Å². The van der Waals surface area contributed by atoms with Gasteiger partial charge in [-0.15, -0.1) is 0 Å². The highest BCUT2D eigenvalue weighted by Crippen LogP contribution is 2.29. The van der Waals surface area contributed by atoms with Gasteiger partial charge >= 0.3 is 0 Å². The maximum atomic E-state index is 9.23. The van der Waals surface area contributed by atoms with Crippen LogP contribution in [0.3, 0.4) is 0 Å². The van der Waals surface area contributed by atoms with E-state index in [1.54, 1.807) is 4.90 Å². The van der Waals surface area contributed by atoms with E-state index in [0.29, 0.717) is 17.1 Å². The van der Waals surface area contributed by atoms with Crippen LogP contribution < -0.4 is 5.43 Å². The zero-order valence-corrected chi connectivity index (χ0v) is 16.7. The van der Waals surface area contributed by atoms with Crippen LogP contribution in [0.25, 0.3) is 0 Å². The molecule has 6 nitrogen and oxygen atoms in total. The molecule has 0 amide bonds. The van der Waals surface area contributed by atoms with Gasteiger partial charge in [-0.3, -0.25) is 15.8 Å². The van der Waals surface area contributed by atoms with Crippen LogP contribution in [0.1, 0.15) is 32.3 Å². The first kappa shape index (κ1) is 20.5. The van der Waals surface area contributed by atoms with Gasteiger partial charge in [0.25, 0.3) is 0 Å². The van der Waals surface area contributed by atoms with Gasteiger partial charge in [0.1, 0.15) is 21.6 Å². The molecule has 0 aliphatic carbocycles. The summed E-state index contributed by atoms with van der Waals surface area (Å²) in [5.74, 6) is 0.241.